The number of rotatable bonds is 6. The normalized spacial score (nSPS) is 13.8. The fourth-order valence-corrected chi connectivity index (χ4v) is 4.20. The SMILES string of the molecule is CCOC(=O)Cc1cncnc1C#Cc1nc(Nc2ccc(C3CCN(C(=O)O)CC3)cc2)ncc1C(F)(F)F. The summed E-state index contributed by atoms with van der Waals surface area (Å²) in [6, 6.07) is 7.28. The Balaban J connectivity index is 1.54. The van der Waals surface area contributed by atoms with E-state index < -0.39 is 29.5 Å². The van der Waals surface area contributed by atoms with Gasteiger partial charge in [-0.3, -0.25) is 4.79 Å². The van der Waals surface area contributed by atoms with Crippen molar-refractivity contribution in [3.63, 3.8) is 0 Å². The smallest absolute Gasteiger partial charge is 0.420 e. The van der Waals surface area contributed by atoms with Crippen molar-refractivity contribution in [1.29, 1.82) is 0 Å². The number of hydrogen-bond acceptors (Lipinski definition) is 8. The van der Waals surface area contributed by atoms with Crippen LogP contribution in [0.1, 0.15) is 53.8 Å². The number of anilines is 2. The summed E-state index contributed by atoms with van der Waals surface area (Å²) in [5.41, 5.74) is 0.302. The lowest BCUT2D eigenvalue weighted by Crippen LogP contribution is -2.36. The number of carbonyl (C=O) groups excluding carboxylic acids is 1. The number of hydrogen-bond donors (Lipinski definition) is 2. The van der Waals surface area contributed by atoms with Crippen molar-refractivity contribution in [2.45, 2.75) is 38.3 Å². The number of aromatic nitrogens is 4. The van der Waals surface area contributed by atoms with Gasteiger partial charge in [-0.05, 0) is 55.2 Å². The summed E-state index contributed by atoms with van der Waals surface area (Å²) in [6.45, 7) is 2.75. The molecule has 0 bridgehead atoms. The summed E-state index contributed by atoms with van der Waals surface area (Å²) >= 11 is 0. The maximum absolute atomic E-state index is 13.7. The first-order valence-corrected chi connectivity index (χ1v) is 12.4. The third-order valence-corrected chi connectivity index (χ3v) is 6.23. The third-order valence-electron chi connectivity index (χ3n) is 6.23. The number of nitrogens with zero attached hydrogens (tertiary/aromatic N) is 5. The Morgan fingerprint density at radius 2 is 1.80 bits per heavy atom. The molecule has 3 aromatic rings. The van der Waals surface area contributed by atoms with Crippen molar-refractivity contribution in [2.24, 2.45) is 0 Å². The summed E-state index contributed by atoms with van der Waals surface area (Å²) in [6.07, 6.45) is -1.26. The lowest BCUT2D eigenvalue weighted by atomic mass is 9.89. The highest BCUT2D eigenvalue weighted by Gasteiger charge is 2.35. The van der Waals surface area contributed by atoms with Crippen LogP contribution in [-0.2, 0) is 22.1 Å². The molecule has 208 valence electrons. The Morgan fingerprint density at radius 1 is 1.10 bits per heavy atom. The highest BCUT2D eigenvalue weighted by atomic mass is 19.4. The van der Waals surface area contributed by atoms with Crippen LogP contribution in [0.2, 0.25) is 0 Å². The van der Waals surface area contributed by atoms with Crippen molar-refractivity contribution in [2.75, 3.05) is 25.0 Å². The van der Waals surface area contributed by atoms with Gasteiger partial charge in [-0.1, -0.05) is 12.1 Å². The molecule has 1 aliphatic rings. The van der Waals surface area contributed by atoms with E-state index in [0.717, 1.165) is 5.56 Å². The standard InChI is InChI=1S/C27H25F3N6O4/c1-2-40-24(37)13-19-14-31-16-33-22(19)7-8-23-21(27(28,29)30)15-32-25(35-23)34-20-5-3-17(4-6-20)18-9-11-36(12-10-18)26(38)39/h3-6,14-16,18H,2,9-13H2,1H3,(H,38,39)(H,32,34,35). The third kappa shape index (κ3) is 7.22. The average molecular weight is 555 g/mol. The number of carboxylic acid groups (broad SMARTS) is 1. The summed E-state index contributed by atoms with van der Waals surface area (Å²) < 4.78 is 45.9. The van der Waals surface area contributed by atoms with Crippen LogP contribution in [0.5, 0.6) is 0 Å². The minimum atomic E-state index is -4.75. The second-order valence-electron chi connectivity index (χ2n) is 8.87. The van der Waals surface area contributed by atoms with Crippen LogP contribution in [0.25, 0.3) is 0 Å². The summed E-state index contributed by atoms with van der Waals surface area (Å²) in [5, 5.41) is 12.0. The number of esters is 1. The molecule has 13 heteroatoms. The maximum Gasteiger partial charge on any atom is 0.420 e. The van der Waals surface area contributed by atoms with Gasteiger partial charge in [0.25, 0.3) is 0 Å². The van der Waals surface area contributed by atoms with Crippen LogP contribution in [0, 0.1) is 11.8 Å². The number of carbonyl (C=O) groups is 2. The molecule has 1 saturated heterocycles. The number of piperidine rings is 1. The topological polar surface area (TPSA) is 130 Å². The molecule has 1 aliphatic heterocycles. The molecule has 1 aromatic carbocycles. The molecule has 0 unspecified atom stereocenters. The molecule has 0 spiro atoms. The maximum atomic E-state index is 13.7. The zero-order valence-corrected chi connectivity index (χ0v) is 21.4. The number of likely N-dealkylation sites (tertiary alicyclic amines) is 1. The number of benzene rings is 1. The number of amides is 1. The molecule has 4 rings (SSSR count). The zero-order valence-electron chi connectivity index (χ0n) is 21.4. The number of nitrogens with one attached hydrogen (secondary N) is 1. The van der Waals surface area contributed by atoms with Crippen LogP contribution >= 0.6 is 0 Å². The summed E-state index contributed by atoms with van der Waals surface area (Å²) in [4.78, 5) is 40.0. The molecule has 0 aliphatic carbocycles. The van der Waals surface area contributed by atoms with E-state index in [9.17, 15) is 22.8 Å². The Labute approximate surface area is 227 Å². The molecule has 2 aromatic heterocycles. The van der Waals surface area contributed by atoms with Gasteiger partial charge in [0.15, 0.2) is 0 Å². The molecular formula is C27H25F3N6O4. The average Bonchev–Trinajstić information content (AvgIpc) is 2.92. The second kappa shape index (κ2) is 12.4. The van der Waals surface area contributed by atoms with Gasteiger partial charge < -0.3 is 20.1 Å². The molecule has 40 heavy (non-hydrogen) atoms. The van der Waals surface area contributed by atoms with Gasteiger partial charge in [-0.25, -0.2) is 24.7 Å². The molecule has 0 radical (unpaired) electrons. The fraction of sp³-hybridized carbons (Fsp3) is 0.333. The predicted molar refractivity (Wildman–Crippen MR) is 137 cm³/mol. The van der Waals surface area contributed by atoms with E-state index in [-0.39, 0.29) is 30.6 Å². The first-order chi connectivity index (χ1) is 19.1. The van der Waals surface area contributed by atoms with Crippen LogP contribution in [0.3, 0.4) is 0 Å². The van der Waals surface area contributed by atoms with Crippen LogP contribution < -0.4 is 5.32 Å². The summed E-state index contributed by atoms with van der Waals surface area (Å²) in [5.74, 6) is 4.57. The molecule has 10 nitrogen and oxygen atoms in total. The van der Waals surface area contributed by atoms with Gasteiger partial charge in [0.2, 0.25) is 5.95 Å². The largest absolute Gasteiger partial charge is 0.466 e. The lowest BCUT2D eigenvalue weighted by Gasteiger charge is -2.30. The van der Waals surface area contributed by atoms with Gasteiger partial charge in [0.1, 0.15) is 23.3 Å². The number of alkyl halides is 3. The van der Waals surface area contributed by atoms with Gasteiger partial charge in [0, 0.05) is 36.7 Å². The van der Waals surface area contributed by atoms with E-state index in [2.05, 4.69) is 37.1 Å². The Morgan fingerprint density at radius 3 is 2.45 bits per heavy atom. The van der Waals surface area contributed by atoms with Crippen molar-refractivity contribution < 1.29 is 32.6 Å². The van der Waals surface area contributed by atoms with Crippen molar-refractivity contribution in [3.05, 3.63) is 71.1 Å². The Hall–Kier alpha value is -4.73. The first-order valence-electron chi connectivity index (χ1n) is 12.4. The highest BCUT2D eigenvalue weighted by molar-refractivity contribution is 5.73. The van der Waals surface area contributed by atoms with Crippen LogP contribution in [0.4, 0.5) is 29.6 Å². The molecular weight excluding hydrogens is 529 g/mol. The molecule has 0 atom stereocenters. The second-order valence-corrected chi connectivity index (χ2v) is 8.87. The molecule has 3 heterocycles. The molecule has 2 N–H and O–H groups in total. The van der Waals surface area contributed by atoms with Crippen LogP contribution in [-0.4, -0.2) is 61.7 Å². The fourth-order valence-electron chi connectivity index (χ4n) is 4.20. The van der Waals surface area contributed by atoms with Gasteiger partial charge >= 0.3 is 18.2 Å². The van der Waals surface area contributed by atoms with E-state index in [4.69, 9.17) is 9.84 Å². The predicted octanol–water partition coefficient (Wildman–Crippen LogP) is 4.39. The minimum Gasteiger partial charge on any atom is -0.466 e. The quantitative estimate of drug-likeness (QED) is 0.336. The van der Waals surface area contributed by atoms with E-state index in [0.29, 0.717) is 43.4 Å². The van der Waals surface area contributed by atoms with E-state index >= 15 is 0 Å². The molecule has 1 amide bonds. The van der Waals surface area contributed by atoms with Crippen molar-refractivity contribution in [1.82, 2.24) is 24.8 Å². The van der Waals surface area contributed by atoms with E-state index in [1.807, 2.05) is 12.1 Å². The van der Waals surface area contributed by atoms with Gasteiger partial charge in [-0.15, -0.1) is 0 Å². The highest BCUT2D eigenvalue weighted by Crippen LogP contribution is 2.32. The summed E-state index contributed by atoms with van der Waals surface area (Å²) in [7, 11) is 0. The Kier molecular flexibility index (Phi) is 8.78. The minimum absolute atomic E-state index is 0.0778. The molecule has 1 fully saturated rings. The Bertz CT molecular complexity index is 1430. The van der Waals surface area contributed by atoms with E-state index in [1.54, 1.807) is 19.1 Å². The van der Waals surface area contributed by atoms with Gasteiger partial charge in [0.05, 0.1) is 13.0 Å². The number of ether oxygens (including phenoxy) is 1. The van der Waals surface area contributed by atoms with E-state index in [1.165, 1.54) is 17.4 Å². The molecule has 0 saturated carbocycles. The first kappa shape index (κ1) is 28.3. The van der Waals surface area contributed by atoms with Crippen LogP contribution in [0.15, 0.2) is 43.0 Å². The lowest BCUT2D eigenvalue weighted by molar-refractivity contribution is -0.142. The van der Waals surface area contributed by atoms with Gasteiger partial charge in [-0.2, -0.15) is 13.2 Å². The number of halogens is 3. The zero-order chi connectivity index (χ0) is 28.7. The monoisotopic (exact) mass is 554 g/mol. The van der Waals surface area contributed by atoms with Crippen molar-refractivity contribution in [3.8, 4) is 11.8 Å². The van der Waals surface area contributed by atoms with Crippen molar-refractivity contribution >= 4 is 23.7 Å².